The summed E-state index contributed by atoms with van der Waals surface area (Å²) in [6.07, 6.45) is -5.54. The Balaban J connectivity index is 2.73. The van der Waals surface area contributed by atoms with E-state index in [0.717, 1.165) is 12.1 Å². The smallest absolute Gasteiger partial charge is 0.461 e. The summed E-state index contributed by atoms with van der Waals surface area (Å²) in [5.41, 5.74) is 0.427. The van der Waals surface area contributed by atoms with E-state index in [0.29, 0.717) is 5.56 Å². The third-order valence-corrected chi connectivity index (χ3v) is 2.19. The Bertz CT molecular complexity index is 486. The van der Waals surface area contributed by atoms with E-state index in [1.54, 1.807) is 6.07 Å². The molecule has 0 aliphatic heterocycles. The lowest BCUT2D eigenvalue weighted by molar-refractivity contribution is -0.253. The first kappa shape index (κ1) is 16.0. The van der Waals surface area contributed by atoms with Crippen LogP contribution in [-0.4, -0.2) is 25.6 Å². The van der Waals surface area contributed by atoms with Crippen molar-refractivity contribution in [1.29, 1.82) is 0 Å². The minimum absolute atomic E-state index is 0.00871. The molecule has 0 aliphatic carbocycles. The number of hydrogen-bond donors (Lipinski definition) is 0. The third-order valence-electron chi connectivity index (χ3n) is 2.19. The van der Waals surface area contributed by atoms with Crippen LogP contribution in [0.5, 0.6) is 5.75 Å². The molecule has 0 unspecified atom stereocenters. The van der Waals surface area contributed by atoms with Gasteiger partial charge >= 0.3 is 18.5 Å². The first-order valence-corrected chi connectivity index (χ1v) is 5.53. The summed E-state index contributed by atoms with van der Waals surface area (Å²) in [5, 5.41) is 0. The van der Waals surface area contributed by atoms with Gasteiger partial charge in [-0.1, -0.05) is 24.3 Å². The lowest BCUT2D eigenvalue weighted by atomic mass is 10.2. The second-order valence-electron chi connectivity index (χ2n) is 3.72. The van der Waals surface area contributed by atoms with Gasteiger partial charge in [0.05, 0.1) is 13.5 Å². The lowest BCUT2D eigenvalue weighted by Gasteiger charge is -2.16. The maximum atomic E-state index is 12.7. The Morgan fingerprint density at radius 1 is 1.40 bits per heavy atom. The van der Waals surface area contributed by atoms with E-state index in [4.69, 9.17) is 0 Å². The molecule has 0 aliphatic rings. The van der Waals surface area contributed by atoms with Crippen LogP contribution in [0.2, 0.25) is 0 Å². The van der Waals surface area contributed by atoms with E-state index in [1.807, 2.05) is 0 Å². The molecule has 3 nitrogen and oxygen atoms in total. The van der Waals surface area contributed by atoms with Crippen LogP contribution in [0.25, 0.3) is 6.08 Å². The molecular weight excluding hydrogens is 280 g/mol. The zero-order valence-electron chi connectivity index (χ0n) is 10.5. The van der Waals surface area contributed by atoms with Crippen molar-refractivity contribution in [2.24, 2.45) is 0 Å². The molecule has 110 valence electrons. The van der Waals surface area contributed by atoms with Crippen LogP contribution in [0.15, 0.2) is 30.3 Å². The third kappa shape index (κ3) is 4.91. The van der Waals surface area contributed by atoms with E-state index in [-0.39, 0.29) is 6.42 Å². The average Bonchev–Trinajstić information content (AvgIpc) is 2.38. The van der Waals surface area contributed by atoms with Crippen LogP contribution in [0.1, 0.15) is 12.0 Å². The number of halogens is 4. The number of ether oxygens (including phenoxy) is 2. The molecule has 0 heterocycles. The topological polar surface area (TPSA) is 35.5 Å². The van der Waals surface area contributed by atoms with Crippen molar-refractivity contribution in [3.05, 3.63) is 35.9 Å². The van der Waals surface area contributed by atoms with Crippen LogP contribution in [-0.2, 0) is 9.53 Å². The maximum Gasteiger partial charge on any atom is 0.461 e. The van der Waals surface area contributed by atoms with E-state index >= 15 is 0 Å². The quantitative estimate of drug-likeness (QED) is 0.594. The molecule has 0 atom stereocenters. The molecule has 0 saturated heterocycles. The fourth-order valence-electron chi connectivity index (χ4n) is 1.26. The van der Waals surface area contributed by atoms with Crippen molar-refractivity contribution in [3.63, 3.8) is 0 Å². The van der Waals surface area contributed by atoms with Crippen molar-refractivity contribution in [2.45, 2.75) is 19.0 Å². The van der Waals surface area contributed by atoms with E-state index in [1.165, 1.54) is 25.3 Å². The fraction of sp³-hybridized carbons (Fsp3) is 0.308. The van der Waals surface area contributed by atoms with Gasteiger partial charge in [-0.05, 0) is 17.7 Å². The summed E-state index contributed by atoms with van der Waals surface area (Å²) in [6.45, 7) is 0. The summed E-state index contributed by atoms with van der Waals surface area (Å²) in [4.78, 5) is 10.9. The van der Waals surface area contributed by atoms with Gasteiger partial charge in [-0.15, -0.1) is 0 Å². The normalized spacial score (nSPS) is 11.9. The van der Waals surface area contributed by atoms with Gasteiger partial charge in [0.15, 0.2) is 0 Å². The maximum absolute atomic E-state index is 12.7. The number of carbonyl (C=O) groups is 1. The molecule has 0 saturated carbocycles. The summed E-state index contributed by atoms with van der Waals surface area (Å²) >= 11 is 0. The van der Waals surface area contributed by atoms with Crippen molar-refractivity contribution >= 4 is 12.0 Å². The zero-order valence-corrected chi connectivity index (χ0v) is 10.5. The highest BCUT2D eigenvalue weighted by atomic mass is 19.3. The molecule has 0 amide bonds. The van der Waals surface area contributed by atoms with Crippen molar-refractivity contribution in [3.8, 4) is 5.75 Å². The highest BCUT2D eigenvalue weighted by Crippen LogP contribution is 2.28. The van der Waals surface area contributed by atoms with Crippen LogP contribution >= 0.6 is 0 Å². The molecule has 0 spiro atoms. The summed E-state index contributed by atoms with van der Waals surface area (Å²) in [7, 11) is 1.23. The van der Waals surface area contributed by atoms with Crippen LogP contribution in [0, 0.1) is 0 Å². The zero-order chi connectivity index (χ0) is 15.2. The molecule has 0 radical (unpaired) electrons. The first-order valence-electron chi connectivity index (χ1n) is 5.53. The summed E-state index contributed by atoms with van der Waals surface area (Å²) < 4.78 is 57.8. The number of rotatable bonds is 6. The van der Waals surface area contributed by atoms with Gasteiger partial charge in [0.1, 0.15) is 5.75 Å². The fourth-order valence-corrected chi connectivity index (χ4v) is 1.26. The van der Waals surface area contributed by atoms with Gasteiger partial charge in [0.2, 0.25) is 0 Å². The Morgan fingerprint density at radius 3 is 2.70 bits per heavy atom. The Kier molecular flexibility index (Phi) is 5.54. The molecule has 0 aromatic heterocycles. The Morgan fingerprint density at radius 2 is 2.10 bits per heavy atom. The Hall–Kier alpha value is -2.05. The summed E-state index contributed by atoms with van der Waals surface area (Å²) in [5.74, 6) is -0.853. The number of carbonyl (C=O) groups excluding carboxylic acids is 1. The van der Waals surface area contributed by atoms with E-state index < -0.39 is 24.3 Å². The minimum atomic E-state index is -4.55. The van der Waals surface area contributed by atoms with Gasteiger partial charge in [0.25, 0.3) is 0 Å². The average molecular weight is 292 g/mol. The monoisotopic (exact) mass is 292 g/mol. The molecule has 20 heavy (non-hydrogen) atoms. The SMILES string of the molecule is COC(=O)CC=Cc1cccc(OC(F)(F)C(F)F)c1. The van der Waals surface area contributed by atoms with Crippen LogP contribution in [0.3, 0.4) is 0 Å². The first-order chi connectivity index (χ1) is 9.35. The van der Waals surface area contributed by atoms with Gasteiger partial charge in [0, 0.05) is 0 Å². The molecule has 7 heteroatoms. The molecular formula is C13H12F4O3. The second-order valence-corrected chi connectivity index (χ2v) is 3.72. The van der Waals surface area contributed by atoms with E-state index in [9.17, 15) is 22.4 Å². The molecule has 1 aromatic rings. The number of alkyl halides is 4. The molecule has 1 aromatic carbocycles. The van der Waals surface area contributed by atoms with Crippen molar-refractivity contribution in [2.75, 3.05) is 7.11 Å². The van der Waals surface area contributed by atoms with Gasteiger partial charge in [-0.25, -0.2) is 0 Å². The van der Waals surface area contributed by atoms with Crippen LogP contribution in [0.4, 0.5) is 17.6 Å². The predicted octanol–water partition coefficient (Wildman–Crippen LogP) is 3.50. The lowest BCUT2D eigenvalue weighted by Crippen LogP contribution is -2.33. The number of benzene rings is 1. The minimum Gasteiger partial charge on any atom is -0.469 e. The molecule has 0 bridgehead atoms. The number of hydrogen-bond acceptors (Lipinski definition) is 3. The molecule has 0 fully saturated rings. The second kappa shape index (κ2) is 6.93. The number of esters is 1. The van der Waals surface area contributed by atoms with Gasteiger partial charge < -0.3 is 9.47 Å². The van der Waals surface area contributed by atoms with Gasteiger partial charge in [-0.3, -0.25) is 4.79 Å². The van der Waals surface area contributed by atoms with Gasteiger partial charge in [-0.2, -0.15) is 17.6 Å². The molecule has 1 rings (SSSR count). The summed E-state index contributed by atoms with van der Waals surface area (Å²) in [6, 6.07) is 5.20. The molecule has 0 N–H and O–H groups in total. The predicted molar refractivity (Wildman–Crippen MR) is 63.7 cm³/mol. The Labute approximate surface area is 112 Å². The number of methoxy groups -OCH3 is 1. The van der Waals surface area contributed by atoms with Crippen molar-refractivity contribution < 1.29 is 31.8 Å². The van der Waals surface area contributed by atoms with Crippen LogP contribution < -0.4 is 4.74 Å². The highest BCUT2D eigenvalue weighted by molar-refractivity contribution is 5.72. The van der Waals surface area contributed by atoms with Crippen molar-refractivity contribution in [1.82, 2.24) is 0 Å². The van der Waals surface area contributed by atoms with E-state index in [2.05, 4.69) is 9.47 Å². The standard InChI is InChI=1S/C13H12F4O3/c1-19-11(18)7-3-5-9-4-2-6-10(8-9)20-13(16,17)12(14)15/h2-6,8,12H,7H2,1H3. The highest BCUT2D eigenvalue weighted by Gasteiger charge is 2.43. The largest absolute Gasteiger partial charge is 0.469 e.